The average Bonchev–Trinajstić information content (AvgIpc) is 2.48. The zero-order valence-corrected chi connectivity index (χ0v) is 11.9. The van der Waals surface area contributed by atoms with Crippen LogP contribution in [-0.4, -0.2) is 29.5 Å². The van der Waals surface area contributed by atoms with Crippen LogP contribution in [0.1, 0.15) is 44.1 Å². The van der Waals surface area contributed by atoms with Crippen molar-refractivity contribution in [3.8, 4) is 0 Å². The lowest BCUT2D eigenvalue weighted by Crippen LogP contribution is -2.46. The van der Waals surface area contributed by atoms with Crippen molar-refractivity contribution >= 4 is 5.82 Å². The first-order valence-corrected chi connectivity index (χ1v) is 7.73. The summed E-state index contributed by atoms with van der Waals surface area (Å²) in [6.45, 7) is 2.35. The minimum Gasteiger partial charge on any atom is -0.373 e. The summed E-state index contributed by atoms with van der Waals surface area (Å²) in [5.41, 5.74) is 1.35. The molecule has 2 heterocycles. The standard InChI is InChI=1S/C16H25N3/c1-17-16-9-8-13(11-18-16)12-19-10-4-6-14-5-2-3-7-15(14)19/h8-9,11,14-15H,2-7,10,12H2,1H3,(H,17,18)/t14-,15-/m1/s1. The third-order valence-corrected chi connectivity index (χ3v) is 4.82. The maximum absolute atomic E-state index is 4.43. The third kappa shape index (κ3) is 2.92. The molecule has 3 heteroatoms. The summed E-state index contributed by atoms with van der Waals surface area (Å²) in [6, 6.07) is 5.13. The molecule has 3 rings (SSSR count). The maximum Gasteiger partial charge on any atom is 0.125 e. The average molecular weight is 259 g/mol. The van der Waals surface area contributed by atoms with E-state index in [1.165, 1.54) is 50.6 Å². The van der Waals surface area contributed by atoms with Gasteiger partial charge in [-0.25, -0.2) is 4.98 Å². The molecule has 1 aliphatic carbocycles. The van der Waals surface area contributed by atoms with E-state index < -0.39 is 0 Å². The highest BCUT2D eigenvalue weighted by atomic mass is 15.2. The molecule has 0 spiro atoms. The predicted molar refractivity (Wildman–Crippen MR) is 79.2 cm³/mol. The zero-order chi connectivity index (χ0) is 13.1. The van der Waals surface area contributed by atoms with Crippen LogP contribution in [-0.2, 0) is 6.54 Å². The van der Waals surface area contributed by atoms with Crippen LogP contribution in [0.5, 0.6) is 0 Å². The number of anilines is 1. The number of pyridine rings is 1. The first-order valence-electron chi connectivity index (χ1n) is 7.73. The van der Waals surface area contributed by atoms with Gasteiger partial charge in [-0.05, 0) is 49.8 Å². The van der Waals surface area contributed by atoms with Gasteiger partial charge in [0, 0.05) is 25.8 Å². The number of nitrogens with zero attached hydrogens (tertiary/aromatic N) is 2. The molecule has 1 aromatic heterocycles. The molecule has 1 saturated carbocycles. The van der Waals surface area contributed by atoms with Crippen LogP contribution in [0, 0.1) is 5.92 Å². The van der Waals surface area contributed by atoms with Gasteiger partial charge in [0.1, 0.15) is 5.82 Å². The monoisotopic (exact) mass is 259 g/mol. The minimum atomic E-state index is 0.839. The minimum absolute atomic E-state index is 0.839. The van der Waals surface area contributed by atoms with Crippen LogP contribution < -0.4 is 5.32 Å². The van der Waals surface area contributed by atoms with Crippen molar-refractivity contribution in [2.75, 3.05) is 18.9 Å². The Kier molecular flexibility index (Phi) is 4.02. The van der Waals surface area contributed by atoms with E-state index in [1.54, 1.807) is 0 Å². The molecule has 19 heavy (non-hydrogen) atoms. The molecular weight excluding hydrogens is 234 g/mol. The van der Waals surface area contributed by atoms with Crippen molar-refractivity contribution in [1.82, 2.24) is 9.88 Å². The molecule has 0 amide bonds. The number of hydrogen-bond acceptors (Lipinski definition) is 3. The van der Waals surface area contributed by atoms with Gasteiger partial charge in [0.15, 0.2) is 0 Å². The van der Waals surface area contributed by atoms with Gasteiger partial charge in [0.05, 0.1) is 0 Å². The molecule has 3 nitrogen and oxygen atoms in total. The van der Waals surface area contributed by atoms with Crippen molar-refractivity contribution in [2.45, 2.75) is 51.1 Å². The van der Waals surface area contributed by atoms with Crippen LogP contribution in [0.25, 0.3) is 0 Å². The van der Waals surface area contributed by atoms with E-state index in [9.17, 15) is 0 Å². The number of likely N-dealkylation sites (tertiary alicyclic amines) is 1. The van der Waals surface area contributed by atoms with Gasteiger partial charge < -0.3 is 5.32 Å². The fraction of sp³-hybridized carbons (Fsp3) is 0.688. The lowest BCUT2D eigenvalue weighted by Gasteiger charge is -2.44. The molecule has 2 fully saturated rings. The van der Waals surface area contributed by atoms with Gasteiger partial charge in [0.2, 0.25) is 0 Å². The van der Waals surface area contributed by atoms with Gasteiger partial charge in [-0.15, -0.1) is 0 Å². The molecule has 0 unspecified atom stereocenters. The summed E-state index contributed by atoms with van der Waals surface area (Å²) in [5.74, 6) is 1.92. The zero-order valence-electron chi connectivity index (χ0n) is 11.9. The molecule has 1 saturated heterocycles. The molecule has 2 atom stereocenters. The fourth-order valence-electron chi connectivity index (χ4n) is 3.82. The second-order valence-electron chi connectivity index (χ2n) is 6.03. The largest absolute Gasteiger partial charge is 0.373 e. The normalized spacial score (nSPS) is 27.8. The summed E-state index contributed by atoms with van der Waals surface area (Å²) in [5, 5.41) is 3.08. The number of fused-ring (bicyclic) bond motifs is 1. The predicted octanol–water partition coefficient (Wildman–Crippen LogP) is 3.28. The summed E-state index contributed by atoms with van der Waals surface area (Å²) in [4.78, 5) is 7.14. The number of aromatic nitrogens is 1. The maximum atomic E-state index is 4.43. The molecule has 0 aromatic carbocycles. The Hall–Kier alpha value is -1.09. The summed E-state index contributed by atoms with van der Waals surface area (Å²) >= 11 is 0. The second kappa shape index (κ2) is 5.91. The van der Waals surface area contributed by atoms with E-state index in [0.717, 1.165) is 24.3 Å². The Morgan fingerprint density at radius 1 is 1.21 bits per heavy atom. The van der Waals surface area contributed by atoms with Gasteiger partial charge >= 0.3 is 0 Å². The summed E-state index contributed by atoms with van der Waals surface area (Å²) < 4.78 is 0. The van der Waals surface area contributed by atoms with Crippen LogP contribution in [0.15, 0.2) is 18.3 Å². The van der Waals surface area contributed by atoms with E-state index in [0.29, 0.717) is 0 Å². The molecule has 1 N–H and O–H groups in total. The highest BCUT2D eigenvalue weighted by molar-refractivity contribution is 5.34. The third-order valence-electron chi connectivity index (χ3n) is 4.82. The number of hydrogen-bond donors (Lipinski definition) is 1. The number of nitrogens with one attached hydrogen (secondary N) is 1. The molecular formula is C16H25N3. The van der Waals surface area contributed by atoms with Crippen LogP contribution >= 0.6 is 0 Å². The Morgan fingerprint density at radius 3 is 2.84 bits per heavy atom. The molecule has 0 radical (unpaired) electrons. The van der Waals surface area contributed by atoms with Crippen molar-refractivity contribution in [1.29, 1.82) is 0 Å². The van der Waals surface area contributed by atoms with Crippen molar-refractivity contribution in [3.63, 3.8) is 0 Å². The van der Waals surface area contributed by atoms with Crippen molar-refractivity contribution < 1.29 is 0 Å². The van der Waals surface area contributed by atoms with E-state index in [2.05, 4.69) is 27.3 Å². The number of rotatable bonds is 3. The Balaban J connectivity index is 1.66. The highest BCUT2D eigenvalue weighted by Gasteiger charge is 2.32. The Labute approximate surface area is 116 Å². The van der Waals surface area contributed by atoms with Crippen LogP contribution in [0.2, 0.25) is 0 Å². The van der Waals surface area contributed by atoms with E-state index in [1.807, 2.05) is 13.2 Å². The van der Waals surface area contributed by atoms with Gasteiger partial charge in [0.25, 0.3) is 0 Å². The lowest BCUT2D eigenvalue weighted by molar-refractivity contribution is 0.0546. The molecule has 104 valence electrons. The summed E-state index contributed by atoms with van der Waals surface area (Å²) in [7, 11) is 1.92. The van der Waals surface area contributed by atoms with Crippen LogP contribution in [0.3, 0.4) is 0 Å². The summed E-state index contributed by atoms with van der Waals surface area (Å²) in [6.07, 6.45) is 10.6. The van der Waals surface area contributed by atoms with E-state index in [-0.39, 0.29) is 0 Å². The van der Waals surface area contributed by atoms with Crippen molar-refractivity contribution in [2.24, 2.45) is 5.92 Å². The van der Waals surface area contributed by atoms with Crippen molar-refractivity contribution in [3.05, 3.63) is 23.9 Å². The lowest BCUT2D eigenvalue weighted by atomic mass is 9.78. The smallest absolute Gasteiger partial charge is 0.125 e. The van der Waals surface area contributed by atoms with Gasteiger partial charge in [-0.2, -0.15) is 0 Å². The van der Waals surface area contributed by atoms with E-state index >= 15 is 0 Å². The highest BCUT2D eigenvalue weighted by Crippen LogP contribution is 2.35. The topological polar surface area (TPSA) is 28.2 Å². The SMILES string of the molecule is CNc1ccc(CN2CCC[C@H]3CCCC[C@H]32)cn1. The Bertz CT molecular complexity index is 399. The second-order valence-corrected chi connectivity index (χ2v) is 6.03. The molecule has 0 bridgehead atoms. The molecule has 1 aliphatic heterocycles. The molecule has 1 aromatic rings. The van der Waals surface area contributed by atoms with Gasteiger partial charge in [-0.3, -0.25) is 4.90 Å². The number of piperidine rings is 1. The van der Waals surface area contributed by atoms with E-state index in [4.69, 9.17) is 0 Å². The van der Waals surface area contributed by atoms with Crippen LogP contribution in [0.4, 0.5) is 5.82 Å². The molecule has 2 aliphatic rings. The quantitative estimate of drug-likeness (QED) is 0.903. The Morgan fingerprint density at radius 2 is 2.05 bits per heavy atom. The first-order chi connectivity index (χ1) is 9.36. The first kappa shape index (κ1) is 12.9. The van der Waals surface area contributed by atoms with Gasteiger partial charge in [-0.1, -0.05) is 18.9 Å². The fourth-order valence-corrected chi connectivity index (χ4v) is 3.82.